The van der Waals surface area contributed by atoms with E-state index >= 15 is 0 Å². The van der Waals surface area contributed by atoms with Crippen LogP contribution in [0.1, 0.15) is 22.0 Å². The summed E-state index contributed by atoms with van der Waals surface area (Å²) in [5.41, 5.74) is 0.0152. The molecule has 0 saturated carbocycles. The van der Waals surface area contributed by atoms with Crippen molar-refractivity contribution < 1.29 is 19.9 Å². The minimum atomic E-state index is -1.27. The van der Waals surface area contributed by atoms with Gasteiger partial charge in [0.25, 0.3) is 5.69 Å². The van der Waals surface area contributed by atoms with E-state index in [1.54, 1.807) is 16.8 Å². The Labute approximate surface area is 123 Å². The average Bonchev–Trinajstić information content (AvgIpc) is 2.98. The molecule has 0 aliphatic heterocycles. The Bertz CT molecular complexity index is 624. The van der Waals surface area contributed by atoms with Gasteiger partial charge in [0, 0.05) is 12.6 Å². The lowest BCUT2D eigenvalue weighted by Crippen LogP contribution is -2.15. The van der Waals surface area contributed by atoms with Gasteiger partial charge < -0.3 is 15.5 Å². The minimum Gasteiger partial charge on any atom is -0.478 e. The first-order valence-electron chi connectivity index (χ1n) is 5.95. The number of anilines is 1. The number of nitro groups is 1. The minimum absolute atomic E-state index is 0.0259. The second-order valence-electron chi connectivity index (χ2n) is 4.22. The largest absolute Gasteiger partial charge is 0.478 e. The van der Waals surface area contributed by atoms with Gasteiger partial charge in [-0.1, -0.05) is 6.07 Å². The number of hydrogen-bond acceptors (Lipinski definition) is 6. The highest BCUT2D eigenvalue weighted by molar-refractivity contribution is 7.07. The van der Waals surface area contributed by atoms with Crippen molar-refractivity contribution in [3.63, 3.8) is 0 Å². The van der Waals surface area contributed by atoms with Crippen LogP contribution in [0.15, 0.2) is 35.0 Å². The summed E-state index contributed by atoms with van der Waals surface area (Å²) in [6.45, 7) is -0.0259. The van der Waals surface area contributed by atoms with E-state index in [9.17, 15) is 20.0 Å². The summed E-state index contributed by atoms with van der Waals surface area (Å²) < 4.78 is 0. The molecule has 110 valence electrons. The monoisotopic (exact) mass is 308 g/mol. The molecule has 0 fully saturated rings. The molecule has 0 saturated heterocycles. The molecule has 2 aromatic rings. The highest BCUT2D eigenvalue weighted by Crippen LogP contribution is 2.29. The van der Waals surface area contributed by atoms with Crippen molar-refractivity contribution in [2.45, 2.75) is 6.10 Å². The van der Waals surface area contributed by atoms with Crippen molar-refractivity contribution in [2.24, 2.45) is 0 Å². The second-order valence-corrected chi connectivity index (χ2v) is 5.00. The highest BCUT2D eigenvalue weighted by atomic mass is 32.1. The number of aromatic carboxylic acids is 1. The van der Waals surface area contributed by atoms with Crippen molar-refractivity contribution in [2.75, 3.05) is 11.9 Å². The van der Waals surface area contributed by atoms with E-state index in [4.69, 9.17) is 5.11 Å². The van der Waals surface area contributed by atoms with Gasteiger partial charge in [-0.3, -0.25) is 10.1 Å². The second kappa shape index (κ2) is 6.33. The number of rotatable bonds is 6. The standard InChI is InChI=1S/C13H12N2O5S/c16-11(8-4-5-21-7-8)6-14-12-9(13(17)18)2-1-3-10(12)15(19)20/h1-5,7,11,14,16H,6H2,(H,17,18). The van der Waals surface area contributed by atoms with Gasteiger partial charge in [0.15, 0.2) is 0 Å². The zero-order valence-corrected chi connectivity index (χ0v) is 11.5. The van der Waals surface area contributed by atoms with Gasteiger partial charge in [-0.25, -0.2) is 4.79 Å². The Balaban J connectivity index is 2.25. The van der Waals surface area contributed by atoms with E-state index in [1.807, 2.05) is 0 Å². The summed E-state index contributed by atoms with van der Waals surface area (Å²) >= 11 is 1.42. The third-order valence-electron chi connectivity index (χ3n) is 2.87. The van der Waals surface area contributed by atoms with Crippen LogP contribution in [0.4, 0.5) is 11.4 Å². The van der Waals surface area contributed by atoms with Crippen molar-refractivity contribution >= 4 is 28.7 Å². The van der Waals surface area contributed by atoms with Crippen LogP contribution in [0.2, 0.25) is 0 Å². The Kier molecular flexibility index (Phi) is 4.51. The van der Waals surface area contributed by atoms with Crippen LogP contribution in [-0.4, -0.2) is 27.7 Å². The average molecular weight is 308 g/mol. The summed E-state index contributed by atoms with van der Waals surface area (Å²) in [5, 5.41) is 36.3. The number of carboxylic acid groups (broad SMARTS) is 1. The zero-order chi connectivity index (χ0) is 15.4. The lowest BCUT2D eigenvalue weighted by atomic mass is 10.1. The number of thiophene rings is 1. The number of carboxylic acids is 1. The van der Waals surface area contributed by atoms with Gasteiger partial charge in [0.05, 0.1) is 16.6 Å². The highest BCUT2D eigenvalue weighted by Gasteiger charge is 2.22. The Hall–Kier alpha value is -2.45. The maximum atomic E-state index is 11.1. The Morgan fingerprint density at radius 1 is 1.43 bits per heavy atom. The third kappa shape index (κ3) is 3.36. The fourth-order valence-electron chi connectivity index (χ4n) is 1.84. The van der Waals surface area contributed by atoms with Crippen LogP contribution in [0.5, 0.6) is 0 Å². The first-order chi connectivity index (χ1) is 10.0. The molecule has 0 aliphatic rings. The molecular formula is C13H12N2O5S. The number of benzene rings is 1. The van der Waals surface area contributed by atoms with Crippen molar-refractivity contribution in [1.82, 2.24) is 0 Å². The molecule has 1 atom stereocenters. The van der Waals surface area contributed by atoms with Gasteiger partial charge >= 0.3 is 5.97 Å². The van der Waals surface area contributed by atoms with Crippen LogP contribution in [0, 0.1) is 10.1 Å². The van der Waals surface area contributed by atoms with E-state index in [0.29, 0.717) is 5.56 Å². The van der Waals surface area contributed by atoms with E-state index in [1.165, 1.54) is 29.5 Å². The summed E-state index contributed by atoms with van der Waals surface area (Å²) in [7, 11) is 0. The molecule has 0 amide bonds. The molecule has 1 unspecified atom stereocenters. The molecule has 2 rings (SSSR count). The van der Waals surface area contributed by atoms with Crippen molar-refractivity contribution in [3.8, 4) is 0 Å². The predicted octanol–water partition coefficient (Wildman–Crippen LogP) is 2.50. The molecule has 0 aliphatic carbocycles. The molecule has 3 N–H and O–H groups in total. The molecule has 8 heteroatoms. The normalized spacial score (nSPS) is 11.9. The number of nitrogens with one attached hydrogen (secondary N) is 1. The third-order valence-corrected chi connectivity index (χ3v) is 3.57. The number of nitrogens with zero attached hydrogens (tertiary/aromatic N) is 1. The molecule has 7 nitrogen and oxygen atoms in total. The smallest absolute Gasteiger partial charge is 0.338 e. The molecule has 0 spiro atoms. The number of para-hydroxylation sites is 1. The van der Waals surface area contributed by atoms with Crippen LogP contribution >= 0.6 is 11.3 Å². The summed E-state index contributed by atoms with van der Waals surface area (Å²) in [6.07, 6.45) is -0.877. The van der Waals surface area contributed by atoms with Crippen LogP contribution in [0.3, 0.4) is 0 Å². The summed E-state index contributed by atoms with van der Waals surface area (Å²) in [4.78, 5) is 21.5. The molecule has 1 aromatic heterocycles. The number of hydrogen-bond donors (Lipinski definition) is 3. The first-order valence-corrected chi connectivity index (χ1v) is 6.89. The fourth-order valence-corrected chi connectivity index (χ4v) is 2.54. The topological polar surface area (TPSA) is 113 Å². The van der Waals surface area contributed by atoms with Gasteiger partial charge in [-0.15, -0.1) is 0 Å². The molecule has 1 heterocycles. The van der Waals surface area contributed by atoms with Crippen LogP contribution < -0.4 is 5.32 Å². The van der Waals surface area contributed by atoms with E-state index in [2.05, 4.69) is 5.32 Å². The van der Waals surface area contributed by atoms with Gasteiger partial charge in [0.1, 0.15) is 5.69 Å². The van der Waals surface area contributed by atoms with E-state index in [0.717, 1.165) is 0 Å². The number of aliphatic hydroxyl groups is 1. The number of nitro benzene ring substituents is 1. The molecule has 0 bridgehead atoms. The summed E-state index contributed by atoms with van der Waals surface area (Å²) in [5.74, 6) is -1.27. The maximum absolute atomic E-state index is 11.1. The van der Waals surface area contributed by atoms with E-state index in [-0.39, 0.29) is 23.5 Å². The van der Waals surface area contributed by atoms with Gasteiger partial charge in [0.2, 0.25) is 0 Å². The van der Waals surface area contributed by atoms with Gasteiger partial charge in [-0.05, 0) is 28.5 Å². The van der Waals surface area contributed by atoms with E-state index < -0.39 is 17.0 Å². The molecule has 0 radical (unpaired) electrons. The van der Waals surface area contributed by atoms with Crippen LogP contribution in [0.25, 0.3) is 0 Å². The Morgan fingerprint density at radius 3 is 2.76 bits per heavy atom. The molecule has 21 heavy (non-hydrogen) atoms. The summed E-state index contributed by atoms with van der Waals surface area (Å²) in [6, 6.07) is 5.52. The maximum Gasteiger partial charge on any atom is 0.338 e. The predicted molar refractivity (Wildman–Crippen MR) is 77.8 cm³/mol. The Morgan fingerprint density at radius 2 is 2.19 bits per heavy atom. The lowest BCUT2D eigenvalue weighted by Gasteiger charge is -2.13. The zero-order valence-electron chi connectivity index (χ0n) is 10.7. The molecule has 1 aromatic carbocycles. The van der Waals surface area contributed by atoms with Crippen molar-refractivity contribution in [3.05, 3.63) is 56.3 Å². The van der Waals surface area contributed by atoms with Crippen molar-refractivity contribution in [1.29, 1.82) is 0 Å². The lowest BCUT2D eigenvalue weighted by molar-refractivity contribution is -0.384. The number of aliphatic hydroxyl groups excluding tert-OH is 1. The fraction of sp³-hybridized carbons (Fsp3) is 0.154. The first kappa shape index (κ1) is 14.9. The van der Waals surface area contributed by atoms with Gasteiger partial charge in [-0.2, -0.15) is 11.3 Å². The molecular weight excluding hydrogens is 296 g/mol. The quantitative estimate of drug-likeness (QED) is 0.558. The SMILES string of the molecule is O=C(O)c1cccc([N+](=O)[O-])c1NCC(O)c1ccsc1. The van der Waals surface area contributed by atoms with Crippen LogP contribution in [-0.2, 0) is 0 Å². The number of carbonyl (C=O) groups is 1.